The summed E-state index contributed by atoms with van der Waals surface area (Å²) in [4.78, 5) is 13.2. The maximum atomic E-state index is 11.9. The second kappa shape index (κ2) is 7.47. The van der Waals surface area contributed by atoms with Crippen molar-refractivity contribution in [2.75, 3.05) is 18.2 Å². The van der Waals surface area contributed by atoms with E-state index in [4.69, 9.17) is 10.5 Å². The number of carbonyl (C=O) groups is 1. The first-order chi connectivity index (χ1) is 10.1. The van der Waals surface area contributed by atoms with Crippen LogP contribution in [0.3, 0.4) is 0 Å². The van der Waals surface area contributed by atoms with Crippen LogP contribution >= 0.6 is 27.3 Å². The number of thiophene rings is 1. The predicted molar refractivity (Wildman–Crippen MR) is 91.0 cm³/mol. The van der Waals surface area contributed by atoms with Crippen LogP contribution in [0.4, 0.5) is 11.4 Å². The first-order valence-electron chi connectivity index (χ1n) is 6.56. The molecule has 0 spiro atoms. The van der Waals surface area contributed by atoms with E-state index in [1.807, 2.05) is 6.07 Å². The second-order valence-electron chi connectivity index (χ2n) is 4.56. The highest BCUT2D eigenvalue weighted by Gasteiger charge is 2.06. The van der Waals surface area contributed by atoms with Crippen LogP contribution in [0.25, 0.3) is 0 Å². The van der Waals surface area contributed by atoms with Gasteiger partial charge in [-0.25, -0.2) is 0 Å². The maximum Gasteiger partial charge on any atom is 0.224 e. The van der Waals surface area contributed by atoms with E-state index in [-0.39, 0.29) is 5.91 Å². The van der Waals surface area contributed by atoms with E-state index in [9.17, 15) is 4.79 Å². The van der Waals surface area contributed by atoms with E-state index in [0.717, 1.165) is 16.6 Å². The van der Waals surface area contributed by atoms with E-state index in [0.29, 0.717) is 23.5 Å². The molecule has 2 rings (SSSR count). The van der Waals surface area contributed by atoms with Crippen molar-refractivity contribution in [3.05, 3.63) is 39.0 Å². The summed E-state index contributed by atoms with van der Waals surface area (Å²) >= 11 is 5.14. The van der Waals surface area contributed by atoms with Crippen LogP contribution in [0.5, 0.6) is 5.75 Å². The number of methoxy groups -OCH3 is 1. The summed E-state index contributed by atoms with van der Waals surface area (Å²) in [5, 5.41) is 2.85. The lowest BCUT2D eigenvalue weighted by Gasteiger charge is -2.08. The lowest BCUT2D eigenvalue weighted by molar-refractivity contribution is -0.116. The Labute approximate surface area is 136 Å². The van der Waals surface area contributed by atoms with Gasteiger partial charge in [0.1, 0.15) is 5.75 Å². The molecule has 0 fully saturated rings. The molecule has 0 saturated heterocycles. The molecule has 0 aliphatic carbocycles. The van der Waals surface area contributed by atoms with Crippen molar-refractivity contribution in [1.82, 2.24) is 0 Å². The SMILES string of the molecule is COc1ccc(NC(=O)CCCc2ccc(Br)s2)cc1N. The number of amides is 1. The first-order valence-corrected chi connectivity index (χ1v) is 8.17. The number of nitrogen functional groups attached to an aromatic ring is 1. The van der Waals surface area contributed by atoms with Crippen LogP contribution in [0, 0.1) is 0 Å². The Morgan fingerprint density at radius 2 is 2.19 bits per heavy atom. The molecule has 2 aromatic rings. The second-order valence-corrected chi connectivity index (χ2v) is 7.11. The summed E-state index contributed by atoms with van der Waals surface area (Å²) in [6, 6.07) is 9.34. The Kier molecular flexibility index (Phi) is 5.64. The molecule has 0 bridgehead atoms. The molecule has 3 N–H and O–H groups in total. The zero-order valence-electron chi connectivity index (χ0n) is 11.7. The van der Waals surface area contributed by atoms with Gasteiger partial charge in [0.15, 0.2) is 0 Å². The van der Waals surface area contributed by atoms with E-state index in [1.54, 1.807) is 36.6 Å². The zero-order chi connectivity index (χ0) is 15.2. The summed E-state index contributed by atoms with van der Waals surface area (Å²) in [7, 11) is 1.56. The van der Waals surface area contributed by atoms with Gasteiger partial charge in [0.05, 0.1) is 16.6 Å². The standard InChI is InChI=1S/C15H17BrN2O2S/c1-20-13-7-5-10(9-12(13)17)18-15(19)4-2-3-11-6-8-14(16)21-11/h5-9H,2-4,17H2,1H3,(H,18,19). The number of carbonyl (C=O) groups excluding carboxylic acids is 1. The number of nitrogens with two attached hydrogens (primary N) is 1. The van der Waals surface area contributed by atoms with Crippen LogP contribution in [-0.4, -0.2) is 13.0 Å². The Bertz CT molecular complexity index is 628. The Morgan fingerprint density at radius 1 is 1.38 bits per heavy atom. The normalized spacial score (nSPS) is 10.4. The number of hydrogen-bond donors (Lipinski definition) is 2. The van der Waals surface area contributed by atoms with E-state index < -0.39 is 0 Å². The third-order valence-corrected chi connectivity index (χ3v) is 4.65. The minimum Gasteiger partial charge on any atom is -0.495 e. The van der Waals surface area contributed by atoms with Crippen LogP contribution in [-0.2, 0) is 11.2 Å². The fraction of sp³-hybridized carbons (Fsp3) is 0.267. The van der Waals surface area contributed by atoms with Crippen molar-refractivity contribution in [3.8, 4) is 5.75 Å². The summed E-state index contributed by atoms with van der Waals surface area (Å²) in [5.74, 6) is 0.603. The van der Waals surface area contributed by atoms with Gasteiger partial charge in [0.2, 0.25) is 5.91 Å². The molecule has 1 amide bonds. The number of rotatable bonds is 6. The minimum absolute atomic E-state index is 0.00445. The highest BCUT2D eigenvalue weighted by atomic mass is 79.9. The first kappa shape index (κ1) is 15.9. The lowest BCUT2D eigenvalue weighted by Crippen LogP contribution is -2.11. The van der Waals surface area contributed by atoms with Crippen molar-refractivity contribution in [2.24, 2.45) is 0 Å². The molecule has 112 valence electrons. The van der Waals surface area contributed by atoms with Gasteiger partial charge >= 0.3 is 0 Å². The smallest absolute Gasteiger partial charge is 0.224 e. The van der Waals surface area contributed by atoms with E-state index >= 15 is 0 Å². The van der Waals surface area contributed by atoms with Crippen LogP contribution in [0.15, 0.2) is 34.1 Å². The van der Waals surface area contributed by atoms with E-state index in [2.05, 4.69) is 27.3 Å². The monoisotopic (exact) mass is 368 g/mol. The average molecular weight is 369 g/mol. The van der Waals surface area contributed by atoms with Gasteiger partial charge in [-0.2, -0.15) is 0 Å². The van der Waals surface area contributed by atoms with Gasteiger partial charge in [0.25, 0.3) is 0 Å². The molecule has 1 aromatic carbocycles. The number of halogens is 1. The lowest BCUT2D eigenvalue weighted by atomic mass is 10.2. The number of nitrogens with one attached hydrogen (secondary N) is 1. The zero-order valence-corrected chi connectivity index (χ0v) is 14.1. The Morgan fingerprint density at radius 3 is 2.81 bits per heavy atom. The average Bonchev–Trinajstić information content (AvgIpc) is 2.84. The Balaban J connectivity index is 1.80. The van der Waals surface area contributed by atoms with Gasteiger partial charge in [-0.1, -0.05) is 0 Å². The molecule has 0 atom stereocenters. The summed E-state index contributed by atoms with van der Waals surface area (Å²) in [5.41, 5.74) is 7.01. The molecule has 1 heterocycles. The third-order valence-electron chi connectivity index (χ3n) is 2.97. The molecule has 4 nitrogen and oxygen atoms in total. The number of hydrogen-bond acceptors (Lipinski definition) is 4. The van der Waals surface area contributed by atoms with Gasteiger partial charge in [-0.15, -0.1) is 11.3 Å². The van der Waals surface area contributed by atoms with Crippen LogP contribution < -0.4 is 15.8 Å². The molecular weight excluding hydrogens is 352 g/mol. The molecule has 21 heavy (non-hydrogen) atoms. The van der Waals surface area contributed by atoms with Crippen molar-refractivity contribution >= 4 is 44.5 Å². The molecule has 0 aliphatic rings. The number of ether oxygens (including phenoxy) is 1. The third kappa shape index (κ3) is 4.75. The molecule has 0 radical (unpaired) electrons. The molecular formula is C15H17BrN2O2S. The largest absolute Gasteiger partial charge is 0.495 e. The van der Waals surface area contributed by atoms with Gasteiger partial charge in [-0.3, -0.25) is 4.79 Å². The summed E-state index contributed by atoms with van der Waals surface area (Å²) in [6.07, 6.45) is 2.22. The van der Waals surface area contributed by atoms with E-state index in [1.165, 1.54) is 4.88 Å². The van der Waals surface area contributed by atoms with Crippen molar-refractivity contribution in [2.45, 2.75) is 19.3 Å². The minimum atomic E-state index is -0.00445. The fourth-order valence-corrected chi connectivity index (χ4v) is 3.47. The van der Waals surface area contributed by atoms with Crippen molar-refractivity contribution < 1.29 is 9.53 Å². The summed E-state index contributed by atoms with van der Waals surface area (Å²) in [6.45, 7) is 0. The van der Waals surface area contributed by atoms with Gasteiger partial charge in [-0.05, 0) is 59.1 Å². The predicted octanol–water partition coefficient (Wildman–Crippen LogP) is 4.06. The highest BCUT2D eigenvalue weighted by Crippen LogP contribution is 2.25. The van der Waals surface area contributed by atoms with Crippen molar-refractivity contribution in [3.63, 3.8) is 0 Å². The number of aryl methyl sites for hydroxylation is 1. The fourth-order valence-electron chi connectivity index (χ4n) is 1.94. The number of anilines is 2. The molecule has 6 heteroatoms. The quantitative estimate of drug-likeness (QED) is 0.755. The molecule has 1 aromatic heterocycles. The molecule has 0 unspecified atom stereocenters. The number of benzene rings is 1. The Hall–Kier alpha value is -1.53. The van der Waals surface area contributed by atoms with Gasteiger partial charge in [0, 0.05) is 17.0 Å². The maximum absolute atomic E-state index is 11.9. The topological polar surface area (TPSA) is 64.3 Å². The van der Waals surface area contributed by atoms with Crippen molar-refractivity contribution in [1.29, 1.82) is 0 Å². The highest BCUT2D eigenvalue weighted by molar-refractivity contribution is 9.11. The van der Waals surface area contributed by atoms with Crippen LogP contribution in [0.2, 0.25) is 0 Å². The van der Waals surface area contributed by atoms with Gasteiger partial charge < -0.3 is 15.8 Å². The molecule has 0 aliphatic heterocycles. The van der Waals surface area contributed by atoms with Crippen LogP contribution in [0.1, 0.15) is 17.7 Å². The molecule has 0 saturated carbocycles. The summed E-state index contributed by atoms with van der Waals surface area (Å²) < 4.78 is 6.20.